The summed E-state index contributed by atoms with van der Waals surface area (Å²) in [6.45, 7) is 5.62. The van der Waals surface area contributed by atoms with Gasteiger partial charge in [0, 0.05) is 12.8 Å². The molecule has 0 amide bonds. The molecule has 2 aromatic carbocycles. The molecule has 5 nitrogen and oxygen atoms in total. The van der Waals surface area contributed by atoms with Crippen LogP contribution in [-0.2, 0) is 32.2 Å². The van der Waals surface area contributed by atoms with Gasteiger partial charge in [0.2, 0.25) is 0 Å². The molecule has 6 unspecified atom stereocenters. The maximum Gasteiger partial charge on any atom is 0.169 e. The molecule has 6 atom stereocenters. The summed E-state index contributed by atoms with van der Waals surface area (Å²) in [6, 6.07) is 18.4. The number of hydrogen-bond acceptors (Lipinski definition) is 5. The Balaban J connectivity index is 1.37. The highest BCUT2D eigenvalue weighted by molar-refractivity contribution is 5.26. The summed E-state index contributed by atoms with van der Waals surface area (Å²) in [6.07, 6.45) is 5.18. The van der Waals surface area contributed by atoms with Crippen molar-refractivity contribution in [1.29, 1.82) is 0 Å². The molecule has 0 radical (unpaired) electrons. The summed E-state index contributed by atoms with van der Waals surface area (Å²) >= 11 is 0. The summed E-state index contributed by atoms with van der Waals surface area (Å²) in [7, 11) is 1.68. The molecule has 5 rings (SSSR count). The fraction of sp³-hybridized carbons (Fsp3) is 0.586. The van der Waals surface area contributed by atoms with Crippen LogP contribution in [0.5, 0.6) is 5.75 Å². The Morgan fingerprint density at radius 3 is 2.03 bits per heavy atom. The predicted molar refractivity (Wildman–Crippen MR) is 130 cm³/mol. The van der Waals surface area contributed by atoms with Crippen LogP contribution >= 0.6 is 0 Å². The van der Waals surface area contributed by atoms with Crippen LogP contribution in [0.15, 0.2) is 54.6 Å². The number of methoxy groups -OCH3 is 1. The van der Waals surface area contributed by atoms with Crippen LogP contribution in [0.3, 0.4) is 0 Å². The van der Waals surface area contributed by atoms with Crippen LogP contribution in [0.25, 0.3) is 0 Å². The van der Waals surface area contributed by atoms with E-state index in [2.05, 4.69) is 50.2 Å². The quantitative estimate of drug-likeness (QED) is 0.509. The van der Waals surface area contributed by atoms with E-state index in [1.54, 1.807) is 7.11 Å². The van der Waals surface area contributed by atoms with Gasteiger partial charge in [0.25, 0.3) is 0 Å². The number of hydrogen-bond donors (Lipinski definition) is 0. The molecule has 1 heterocycles. The van der Waals surface area contributed by atoms with Gasteiger partial charge in [0.05, 0.1) is 32.5 Å². The molecule has 0 aromatic heterocycles. The predicted octanol–water partition coefficient (Wildman–Crippen LogP) is 5.90. The monoisotopic (exact) mass is 466 g/mol. The van der Waals surface area contributed by atoms with Crippen LogP contribution in [0, 0.1) is 11.8 Å². The third-order valence-electron chi connectivity index (χ3n) is 8.04. The second-order valence-corrected chi connectivity index (χ2v) is 10.2. The zero-order valence-electron chi connectivity index (χ0n) is 20.7. The third kappa shape index (κ3) is 4.90. The Hall–Kier alpha value is -1.92. The summed E-state index contributed by atoms with van der Waals surface area (Å²) in [4.78, 5) is 0. The van der Waals surface area contributed by atoms with Crippen LogP contribution in [0.1, 0.15) is 57.1 Å². The van der Waals surface area contributed by atoms with Crippen LogP contribution in [0.4, 0.5) is 0 Å². The van der Waals surface area contributed by atoms with Crippen molar-refractivity contribution in [3.05, 3.63) is 65.7 Å². The van der Waals surface area contributed by atoms with Gasteiger partial charge in [-0.05, 0) is 47.9 Å². The van der Waals surface area contributed by atoms with Gasteiger partial charge in [0.1, 0.15) is 18.0 Å². The lowest BCUT2D eigenvalue weighted by Crippen LogP contribution is -2.57. The molecule has 1 saturated heterocycles. The maximum absolute atomic E-state index is 6.79. The first kappa shape index (κ1) is 23.8. The average Bonchev–Trinajstić information content (AvgIpc) is 3.24. The highest BCUT2D eigenvalue weighted by atomic mass is 16.8. The summed E-state index contributed by atoms with van der Waals surface area (Å²) in [5.41, 5.74) is 2.28. The Kier molecular flexibility index (Phi) is 7.26. The van der Waals surface area contributed by atoms with E-state index in [0.29, 0.717) is 19.1 Å². The van der Waals surface area contributed by atoms with Crippen molar-refractivity contribution in [3.63, 3.8) is 0 Å². The van der Waals surface area contributed by atoms with E-state index in [1.807, 2.05) is 18.2 Å². The highest BCUT2D eigenvalue weighted by Gasteiger charge is 2.59. The van der Waals surface area contributed by atoms with Crippen LogP contribution < -0.4 is 4.74 Å². The lowest BCUT2D eigenvalue weighted by molar-refractivity contribution is -0.212. The van der Waals surface area contributed by atoms with Crippen LogP contribution in [-0.4, -0.2) is 37.3 Å². The number of benzene rings is 2. The molecule has 184 valence electrons. The minimum atomic E-state index is -0.447. The topological polar surface area (TPSA) is 46.2 Å². The van der Waals surface area contributed by atoms with Gasteiger partial charge < -0.3 is 23.7 Å². The molecule has 0 N–H and O–H groups in total. The SMILES string of the molecule is COc1ccc(COC2C(OCc3ccccc3)C(C)C(C)C3OC4(CCCCC4)OC32)cc1. The van der Waals surface area contributed by atoms with Crippen molar-refractivity contribution in [2.45, 2.75) is 89.4 Å². The highest BCUT2D eigenvalue weighted by Crippen LogP contribution is 2.49. The minimum Gasteiger partial charge on any atom is -0.497 e. The molecule has 2 aliphatic carbocycles. The molecular weight excluding hydrogens is 428 g/mol. The first-order valence-electron chi connectivity index (χ1n) is 12.8. The molecule has 2 saturated carbocycles. The van der Waals surface area contributed by atoms with Gasteiger partial charge in [-0.1, -0.05) is 62.7 Å². The van der Waals surface area contributed by atoms with Gasteiger partial charge in [-0.15, -0.1) is 0 Å². The van der Waals surface area contributed by atoms with Crippen molar-refractivity contribution in [3.8, 4) is 5.75 Å². The second kappa shape index (κ2) is 10.4. The Bertz CT molecular complexity index is 908. The largest absolute Gasteiger partial charge is 0.497 e. The number of fused-ring (bicyclic) bond motifs is 1. The Labute approximate surface area is 203 Å². The zero-order valence-corrected chi connectivity index (χ0v) is 20.7. The molecule has 34 heavy (non-hydrogen) atoms. The Morgan fingerprint density at radius 2 is 1.35 bits per heavy atom. The third-order valence-corrected chi connectivity index (χ3v) is 8.04. The molecule has 1 spiro atoms. The molecule has 3 fully saturated rings. The lowest BCUT2D eigenvalue weighted by Gasteiger charge is -2.45. The van der Waals surface area contributed by atoms with E-state index < -0.39 is 5.79 Å². The van der Waals surface area contributed by atoms with E-state index in [0.717, 1.165) is 37.0 Å². The van der Waals surface area contributed by atoms with Gasteiger partial charge in [-0.3, -0.25) is 0 Å². The smallest absolute Gasteiger partial charge is 0.169 e. The molecular formula is C29H38O5. The normalized spacial score (nSPS) is 32.4. The Morgan fingerprint density at radius 1 is 0.735 bits per heavy atom. The van der Waals surface area contributed by atoms with Gasteiger partial charge in [-0.2, -0.15) is 0 Å². The molecule has 1 aliphatic heterocycles. The molecule has 0 bridgehead atoms. The van der Waals surface area contributed by atoms with E-state index in [1.165, 1.54) is 12.0 Å². The summed E-state index contributed by atoms with van der Waals surface area (Å²) in [5.74, 6) is 1.01. The van der Waals surface area contributed by atoms with Crippen molar-refractivity contribution < 1.29 is 23.7 Å². The fourth-order valence-corrected chi connectivity index (χ4v) is 5.85. The molecule has 2 aromatic rings. The first-order chi connectivity index (χ1) is 16.6. The van der Waals surface area contributed by atoms with Crippen molar-refractivity contribution >= 4 is 0 Å². The minimum absolute atomic E-state index is 0.0329. The first-order valence-corrected chi connectivity index (χ1v) is 12.8. The summed E-state index contributed by atoms with van der Waals surface area (Å²) in [5, 5.41) is 0. The second-order valence-electron chi connectivity index (χ2n) is 10.2. The lowest BCUT2D eigenvalue weighted by atomic mass is 9.74. The van der Waals surface area contributed by atoms with E-state index >= 15 is 0 Å². The maximum atomic E-state index is 6.79. The van der Waals surface area contributed by atoms with Gasteiger partial charge in [-0.25, -0.2) is 0 Å². The fourth-order valence-electron chi connectivity index (χ4n) is 5.85. The van der Waals surface area contributed by atoms with Crippen molar-refractivity contribution in [1.82, 2.24) is 0 Å². The molecule has 3 aliphatic rings. The average molecular weight is 467 g/mol. The number of ether oxygens (including phenoxy) is 5. The van der Waals surface area contributed by atoms with Gasteiger partial charge >= 0.3 is 0 Å². The number of rotatable bonds is 7. The van der Waals surface area contributed by atoms with Crippen LogP contribution in [0.2, 0.25) is 0 Å². The van der Waals surface area contributed by atoms with Crippen molar-refractivity contribution in [2.75, 3.05) is 7.11 Å². The summed E-state index contributed by atoms with van der Waals surface area (Å²) < 4.78 is 32.0. The standard InChI is InChI=1S/C29H38O5/c1-20-21(2)26-28(34-29(33-26)16-8-5-9-17-29)27(25(20)31-18-22-10-6-4-7-11-22)32-19-23-12-14-24(30-3)15-13-23/h4,6-7,10-15,20-21,25-28H,5,8-9,16-19H2,1-3H3. The van der Waals surface area contributed by atoms with Gasteiger partial charge in [0.15, 0.2) is 5.79 Å². The van der Waals surface area contributed by atoms with E-state index in [4.69, 9.17) is 23.7 Å². The molecule has 5 heteroatoms. The van der Waals surface area contributed by atoms with E-state index in [9.17, 15) is 0 Å². The van der Waals surface area contributed by atoms with E-state index in [-0.39, 0.29) is 30.3 Å². The zero-order chi connectivity index (χ0) is 23.5. The van der Waals surface area contributed by atoms with Crippen molar-refractivity contribution in [2.24, 2.45) is 11.8 Å².